The van der Waals surface area contributed by atoms with Crippen LogP contribution in [-0.2, 0) is 20.7 Å². The van der Waals surface area contributed by atoms with Gasteiger partial charge in [0, 0.05) is 24.9 Å². The van der Waals surface area contributed by atoms with Gasteiger partial charge in [0.05, 0.1) is 18.2 Å². The van der Waals surface area contributed by atoms with Crippen LogP contribution < -0.4 is 11.2 Å². The number of thiazole rings is 1. The number of aromatic nitrogens is 1. The summed E-state index contributed by atoms with van der Waals surface area (Å²) >= 11 is 4.80. The first kappa shape index (κ1) is 18.0. The number of nitrogens with two attached hydrogens (primary N) is 1. The van der Waals surface area contributed by atoms with E-state index in [9.17, 15) is 4.79 Å². The summed E-state index contributed by atoms with van der Waals surface area (Å²) in [6.07, 6.45) is 2.64. The molecule has 1 unspecified atom stereocenters. The highest BCUT2D eigenvalue weighted by atomic mass is 79.9. The fraction of sp³-hybridized carbons (Fsp3) is 0.583. The van der Waals surface area contributed by atoms with Crippen LogP contribution in [0, 0.1) is 0 Å². The van der Waals surface area contributed by atoms with Gasteiger partial charge in [-0.2, -0.15) is 0 Å². The molecule has 3 N–H and O–H groups in total. The first-order chi connectivity index (χ1) is 10.1. The Bertz CT molecular complexity index is 451. The summed E-state index contributed by atoms with van der Waals surface area (Å²) in [5.41, 5.74) is 8.98. The number of halogens is 1. The lowest BCUT2D eigenvalue weighted by molar-refractivity contribution is -0.137. The van der Waals surface area contributed by atoms with Crippen LogP contribution in [0.25, 0.3) is 0 Å². The van der Waals surface area contributed by atoms with Crippen LogP contribution in [0.15, 0.2) is 9.98 Å². The van der Waals surface area contributed by atoms with E-state index in [2.05, 4.69) is 31.1 Å². The monoisotopic (exact) mass is 378 g/mol. The standard InChI is InChI=1S/C10H15BrN4OS.C2H4O2/c11-8-6-17-9(14-8)5-7(12)10(16)15-4-2-1-3-13-15;1-4-2-3/h6-7,13H,1-5,12H2;2H,1H3. The van der Waals surface area contributed by atoms with Gasteiger partial charge in [0.15, 0.2) is 0 Å². The number of nitrogens with one attached hydrogen (secondary N) is 1. The highest BCUT2D eigenvalue weighted by molar-refractivity contribution is 9.10. The number of hydrazine groups is 1. The summed E-state index contributed by atoms with van der Waals surface area (Å²) < 4.78 is 4.66. The molecule has 1 saturated heterocycles. The van der Waals surface area contributed by atoms with Crippen molar-refractivity contribution in [1.82, 2.24) is 15.4 Å². The number of rotatable bonds is 4. The molecule has 9 heteroatoms. The van der Waals surface area contributed by atoms with Crippen LogP contribution >= 0.6 is 27.3 Å². The van der Waals surface area contributed by atoms with E-state index in [4.69, 9.17) is 10.5 Å². The molecule has 1 aliphatic rings. The maximum absolute atomic E-state index is 12.0. The van der Waals surface area contributed by atoms with E-state index in [0.717, 1.165) is 35.5 Å². The highest BCUT2D eigenvalue weighted by Gasteiger charge is 2.23. The zero-order chi connectivity index (χ0) is 15.7. The molecular formula is C12H19BrN4O3S. The maximum atomic E-state index is 12.0. The van der Waals surface area contributed by atoms with E-state index in [1.165, 1.54) is 18.4 Å². The maximum Gasteiger partial charge on any atom is 0.292 e. The molecular weight excluding hydrogens is 360 g/mol. The van der Waals surface area contributed by atoms with Gasteiger partial charge in [-0.15, -0.1) is 11.3 Å². The average molecular weight is 379 g/mol. The van der Waals surface area contributed by atoms with Crippen LogP contribution in [0.3, 0.4) is 0 Å². The van der Waals surface area contributed by atoms with Gasteiger partial charge in [0.25, 0.3) is 12.4 Å². The largest absolute Gasteiger partial charge is 0.471 e. The Balaban J connectivity index is 0.000000491. The Kier molecular flexibility index (Phi) is 8.43. The molecule has 0 aliphatic carbocycles. The minimum absolute atomic E-state index is 0.0453. The third-order valence-corrected chi connectivity index (χ3v) is 4.29. The molecule has 7 nitrogen and oxygen atoms in total. The quantitative estimate of drug-likeness (QED) is 0.748. The molecule has 0 bridgehead atoms. The topological polar surface area (TPSA) is 97.5 Å². The van der Waals surface area contributed by atoms with Crippen molar-refractivity contribution >= 4 is 39.6 Å². The molecule has 21 heavy (non-hydrogen) atoms. The second kappa shape index (κ2) is 9.82. The van der Waals surface area contributed by atoms with Gasteiger partial charge in [0.1, 0.15) is 4.60 Å². The molecule has 1 amide bonds. The number of amides is 1. The molecule has 2 heterocycles. The van der Waals surface area contributed by atoms with Crippen LogP contribution in [0.2, 0.25) is 0 Å². The first-order valence-electron chi connectivity index (χ1n) is 6.45. The van der Waals surface area contributed by atoms with Gasteiger partial charge in [-0.25, -0.2) is 10.4 Å². The summed E-state index contributed by atoms with van der Waals surface area (Å²) in [6, 6.07) is -0.515. The molecule has 2 rings (SSSR count). The molecule has 1 aromatic rings. The summed E-state index contributed by atoms with van der Waals surface area (Å²) in [4.78, 5) is 25.2. The third kappa shape index (κ3) is 6.51. The van der Waals surface area contributed by atoms with Gasteiger partial charge in [-0.3, -0.25) is 14.6 Å². The van der Waals surface area contributed by atoms with Crippen molar-refractivity contribution in [2.45, 2.75) is 25.3 Å². The van der Waals surface area contributed by atoms with Crippen molar-refractivity contribution in [3.63, 3.8) is 0 Å². The molecule has 1 aliphatic heterocycles. The number of carbonyl (C=O) groups is 2. The van der Waals surface area contributed by atoms with Crippen molar-refractivity contribution in [2.24, 2.45) is 5.73 Å². The SMILES string of the molecule is COC=O.NC(Cc1nc(Br)cs1)C(=O)N1CCCCN1. The summed E-state index contributed by atoms with van der Waals surface area (Å²) in [7, 11) is 1.31. The van der Waals surface area contributed by atoms with E-state index in [1.54, 1.807) is 5.01 Å². The van der Waals surface area contributed by atoms with E-state index < -0.39 is 6.04 Å². The number of methoxy groups -OCH3 is 1. The zero-order valence-corrected chi connectivity index (χ0v) is 14.2. The second-order valence-corrected chi connectivity index (χ2v) is 6.07. The Hall–Kier alpha value is -1.03. The van der Waals surface area contributed by atoms with E-state index in [1.807, 2.05) is 5.38 Å². The van der Waals surface area contributed by atoms with Crippen LogP contribution in [0.4, 0.5) is 0 Å². The van der Waals surface area contributed by atoms with Gasteiger partial charge < -0.3 is 10.5 Å². The minimum atomic E-state index is -0.515. The van der Waals surface area contributed by atoms with Crippen LogP contribution in [0.1, 0.15) is 17.8 Å². The number of carbonyl (C=O) groups excluding carboxylic acids is 2. The smallest absolute Gasteiger partial charge is 0.292 e. The van der Waals surface area contributed by atoms with Gasteiger partial charge in [-0.05, 0) is 28.8 Å². The number of hydrogen-bond donors (Lipinski definition) is 2. The average Bonchev–Trinajstić information content (AvgIpc) is 2.92. The Labute approximate surface area is 135 Å². The van der Waals surface area contributed by atoms with Crippen molar-refractivity contribution in [1.29, 1.82) is 0 Å². The number of hydrogen-bond acceptors (Lipinski definition) is 7. The minimum Gasteiger partial charge on any atom is -0.471 e. The van der Waals surface area contributed by atoms with E-state index >= 15 is 0 Å². The Morgan fingerprint density at radius 2 is 2.43 bits per heavy atom. The predicted molar refractivity (Wildman–Crippen MR) is 83.5 cm³/mol. The summed E-state index contributed by atoms with van der Waals surface area (Å²) in [5, 5.41) is 4.41. The second-order valence-electron chi connectivity index (χ2n) is 4.31. The lowest BCUT2D eigenvalue weighted by atomic mass is 10.2. The fourth-order valence-corrected chi connectivity index (χ4v) is 3.06. The summed E-state index contributed by atoms with van der Waals surface area (Å²) in [6.45, 7) is 1.97. The molecule has 0 saturated carbocycles. The molecule has 0 aromatic carbocycles. The fourth-order valence-electron chi connectivity index (χ4n) is 1.73. The predicted octanol–water partition coefficient (Wildman–Crippen LogP) is 0.692. The van der Waals surface area contributed by atoms with E-state index in [-0.39, 0.29) is 5.91 Å². The Morgan fingerprint density at radius 3 is 2.90 bits per heavy atom. The first-order valence-corrected chi connectivity index (χ1v) is 8.12. The molecule has 118 valence electrons. The Morgan fingerprint density at radius 1 is 1.71 bits per heavy atom. The molecule has 0 radical (unpaired) electrons. The highest BCUT2D eigenvalue weighted by Crippen LogP contribution is 2.16. The summed E-state index contributed by atoms with van der Waals surface area (Å²) in [5.74, 6) is -0.0453. The van der Waals surface area contributed by atoms with Crippen LogP contribution in [-0.4, -0.2) is 48.6 Å². The zero-order valence-electron chi connectivity index (χ0n) is 11.8. The normalized spacial score (nSPS) is 15.7. The van der Waals surface area contributed by atoms with Crippen molar-refractivity contribution < 1.29 is 14.3 Å². The van der Waals surface area contributed by atoms with Gasteiger partial charge >= 0.3 is 0 Å². The number of nitrogens with zero attached hydrogens (tertiary/aromatic N) is 2. The van der Waals surface area contributed by atoms with E-state index in [0.29, 0.717) is 12.9 Å². The number of ether oxygens (including phenoxy) is 1. The van der Waals surface area contributed by atoms with Crippen LogP contribution in [0.5, 0.6) is 0 Å². The molecule has 1 fully saturated rings. The molecule has 1 aromatic heterocycles. The van der Waals surface area contributed by atoms with Crippen molar-refractivity contribution in [3.8, 4) is 0 Å². The lowest BCUT2D eigenvalue weighted by Crippen LogP contribution is -2.53. The molecule has 1 atom stereocenters. The third-order valence-electron chi connectivity index (χ3n) is 2.71. The van der Waals surface area contributed by atoms with Crippen molar-refractivity contribution in [3.05, 3.63) is 15.0 Å². The van der Waals surface area contributed by atoms with Gasteiger partial charge in [0.2, 0.25) is 0 Å². The lowest BCUT2D eigenvalue weighted by Gasteiger charge is -2.29. The van der Waals surface area contributed by atoms with Crippen molar-refractivity contribution in [2.75, 3.05) is 20.2 Å². The van der Waals surface area contributed by atoms with Gasteiger partial charge in [-0.1, -0.05) is 0 Å². The molecule has 0 spiro atoms.